The van der Waals surface area contributed by atoms with Crippen LogP contribution in [0, 0.1) is 0 Å². The first-order valence-corrected chi connectivity index (χ1v) is 7.68. The number of nitrogens with zero attached hydrogens (tertiary/aromatic N) is 1. The maximum Gasteiger partial charge on any atom is 0.230 e. The zero-order valence-electron chi connectivity index (χ0n) is 11.5. The molecule has 0 atom stereocenters. The minimum absolute atomic E-state index is 0.0456. The second kappa shape index (κ2) is 7.90. The molecular formula is C15H15ClN2O2S. The van der Waals surface area contributed by atoms with Crippen molar-refractivity contribution in [1.82, 2.24) is 10.3 Å². The van der Waals surface area contributed by atoms with Gasteiger partial charge < -0.3 is 10.1 Å². The molecule has 1 heterocycles. The fraction of sp³-hybridized carbons (Fsp3) is 0.200. The van der Waals surface area contributed by atoms with E-state index in [2.05, 4.69) is 10.3 Å². The SMILES string of the molecule is COc1ccc(CNC(=O)CSc2ccccc2Cl)cn1. The van der Waals surface area contributed by atoms with Crippen molar-refractivity contribution in [2.24, 2.45) is 0 Å². The first kappa shape index (κ1) is 15.7. The van der Waals surface area contributed by atoms with Crippen LogP contribution >= 0.6 is 23.4 Å². The van der Waals surface area contributed by atoms with Crippen LogP contribution in [-0.4, -0.2) is 23.8 Å². The number of hydrogen-bond donors (Lipinski definition) is 1. The third-order valence-electron chi connectivity index (χ3n) is 2.69. The predicted molar refractivity (Wildman–Crippen MR) is 84.8 cm³/mol. The predicted octanol–water partition coefficient (Wildman–Crippen LogP) is 3.15. The molecule has 0 saturated carbocycles. The molecule has 2 aromatic rings. The fourth-order valence-corrected chi connectivity index (χ4v) is 2.66. The minimum Gasteiger partial charge on any atom is -0.481 e. The van der Waals surface area contributed by atoms with E-state index < -0.39 is 0 Å². The third-order valence-corrected chi connectivity index (χ3v) is 4.21. The van der Waals surface area contributed by atoms with Crippen LogP contribution in [0.4, 0.5) is 0 Å². The van der Waals surface area contributed by atoms with Crippen LogP contribution < -0.4 is 10.1 Å². The van der Waals surface area contributed by atoms with Crippen LogP contribution in [-0.2, 0) is 11.3 Å². The average molecular weight is 323 g/mol. The zero-order chi connectivity index (χ0) is 15.1. The second-order valence-electron chi connectivity index (χ2n) is 4.20. The van der Waals surface area contributed by atoms with Crippen LogP contribution in [0.2, 0.25) is 5.02 Å². The second-order valence-corrected chi connectivity index (χ2v) is 5.63. The Balaban J connectivity index is 1.78. The average Bonchev–Trinajstić information content (AvgIpc) is 2.52. The Hall–Kier alpha value is -1.72. The lowest BCUT2D eigenvalue weighted by molar-refractivity contribution is -0.118. The summed E-state index contributed by atoms with van der Waals surface area (Å²) < 4.78 is 4.98. The largest absolute Gasteiger partial charge is 0.481 e. The van der Waals surface area contributed by atoms with Crippen LogP contribution in [0.25, 0.3) is 0 Å². The maximum atomic E-state index is 11.8. The van der Waals surface area contributed by atoms with Gasteiger partial charge in [-0.05, 0) is 17.7 Å². The summed E-state index contributed by atoms with van der Waals surface area (Å²) in [4.78, 5) is 16.8. The van der Waals surface area contributed by atoms with E-state index in [0.29, 0.717) is 23.2 Å². The molecule has 4 nitrogen and oxygen atoms in total. The highest BCUT2D eigenvalue weighted by Crippen LogP contribution is 2.26. The van der Waals surface area contributed by atoms with E-state index in [0.717, 1.165) is 10.5 Å². The summed E-state index contributed by atoms with van der Waals surface area (Å²) >= 11 is 7.45. The molecule has 6 heteroatoms. The Morgan fingerprint density at radius 2 is 2.14 bits per heavy atom. The van der Waals surface area contributed by atoms with Crippen molar-refractivity contribution < 1.29 is 9.53 Å². The first-order valence-electron chi connectivity index (χ1n) is 6.32. The Morgan fingerprint density at radius 3 is 2.81 bits per heavy atom. The van der Waals surface area contributed by atoms with Crippen molar-refractivity contribution in [3.8, 4) is 5.88 Å². The summed E-state index contributed by atoms with van der Waals surface area (Å²) in [5.74, 6) is 0.836. The van der Waals surface area contributed by atoms with Crippen molar-refractivity contribution in [1.29, 1.82) is 0 Å². The van der Waals surface area contributed by atoms with Gasteiger partial charge in [0.05, 0.1) is 17.9 Å². The van der Waals surface area contributed by atoms with E-state index in [-0.39, 0.29) is 5.91 Å². The number of amides is 1. The molecule has 0 aliphatic rings. The van der Waals surface area contributed by atoms with E-state index in [9.17, 15) is 4.79 Å². The Labute approximate surface area is 132 Å². The molecule has 0 unspecified atom stereocenters. The zero-order valence-corrected chi connectivity index (χ0v) is 13.1. The summed E-state index contributed by atoms with van der Waals surface area (Å²) in [7, 11) is 1.57. The number of carbonyl (C=O) groups excluding carboxylic acids is 1. The van der Waals surface area contributed by atoms with Gasteiger partial charge in [0.1, 0.15) is 0 Å². The van der Waals surface area contributed by atoms with Crippen LogP contribution in [0.5, 0.6) is 5.88 Å². The summed E-state index contributed by atoms with van der Waals surface area (Å²) in [6.07, 6.45) is 1.68. The van der Waals surface area contributed by atoms with Gasteiger partial charge in [-0.3, -0.25) is 4.79 Å². The normalized spacial score (nSPS) is 10.2. The molecule has 0 saturated heterocycles. The number of hydrogen-bond acceptors (Lipinski definition) is 4. The minimum atomic E-state index is -0.0456. The standard InChI is InChI=1S/C15H15ClN2O2S/c1-20-15-7-6-11(9-18-15)8-17-14(19)10-21-13-5-3-2-4-12(13)16/h2-7,9H,8,10H2,1H3,(H,17,19). The quantitative estimate of drug-likeness (QED) is 0.830. The van der Waals surface area contributed by atoms with Gasteiger partial charge in [-0.25, -0.2) is 4.98 Å². The number of ether oxygens (including phenoxy) is 1. The maximum absolute atomic E-state index is 11.8. The highest BCUT2D eigenvalue weighted by molar-refractivity contribution is 8.00. The van der Waals surface area contributed by atoms with Gasteiger partial charge in [0.25, 0.3) is 0 Å². The number of rotatable bonds is 6. The number of thioether (sulfide) groups is 1. The molecule has 2 rings (SSSR count). The van der Waals surface area contributed by atoms with Gasteiger partial charge in [0.2, 0.25) is 11.8 Å². The van der Waals surface area contributed by atoms with Crippen molar-refractivity contribution in [2.75, 3.05) is 12.9 Å². The highest BCUT2D eigenvalue weighted by Gasteiger charge is 2.05. The Bertz CT molecular complexity index is 605. The third kappa shape index (κ3) is 4.95. The fourth-order valence-electron chi connectivity index (χ4n) is 1.59. The Morgan fingerprint density at radius 1 is 1.33 bits per heavy atom. The topological polar surface area (TPSA) is 51.2 Å². The summed E-state index contributed by atoms with van der Waals surface area (Å²) in [5, 5.41) is 3.50. The molecule has 0 fully saturated rings. The lowest BCUT2D eigenvalue weighted by atomic mass is 10.3. The van der Waals surface area contributed by atoms with Gasteiger partial charge in [-0.15, -0.1) is 11.8 Å². The number of pyridine rings is 1. The van der Waals surface area contributed by atoms with Crippen LogP contribution in [0.15, 0.2) is 47.5 Å². The van der Waals surface area contributed by atoms with E-state index in [4.69, 9.17) is 16.3 Å². The molecule has 0 spiro atoms. The van der Waals surface area contributed by atoms with Crippen molar-refractivity contribution in [2.45, 2.75) is 11.4 Å². The van der Waals surface area contributed by atoms with Gasteiger partial charge >= 0.3 is 0 Å². The highest BCUT2D eigenvalue weighted by atomic mass is 35.5. The number of aromatic nitrogens is 1. The first-order chi connectivity index (χ1) is 10.2. The lowest BCUT2D eigenvalue weighted by Crippen LogP contribution is -2.24. The molecule has 0 radical (unpaired) electrons. The Kier molecular flexibility index (Phi) is 5.90. The number of halogens is 1. The summed E-state index contributed by atoms with van der Waals surface area (Å²) in [6, 6.07) is 11.1. The molecule has 0 aliphatic heterocycles. The summed E-state index contributed by atoms with van der Waals surface area (Å²) in [5.41, 5.74) is 0.923. The molecule has 0 bridgehead atoms. The van der Waals surface area contributed by atoms with Gasteiger partial charge in [0, 0.05) is 23.7 Å². The van der Waals surface area contributed by atoms with Crippen LogP contribution in [0.3, 0.4) is 0 Å². The number of carbonyl (C=O) groups is 1. The monoisotopic (exact) mass is 322 g/mol. The molecule has 0 aliphatic carbocycles. The number of nitrogens with one attached hydrogen (secondary N) is 1. The van der Waals surface area contributed by atoms with Crippen molar-refractivity contribution >= 4 is 29.3 Å². The van der Waals surface area contributed by atoms with E-state index in [1.165, 1.54) is 11.8 Å². The van der Waals surface area contributed by atoms with Crippen molar-refractivity contribution in [3.05, 3.63) is 53.2 Å². The van der Waals surface area contributed by atoms with Gasteiger partial charge in [-0.2, -0.15) is 0 Å². The molecule has 110 valence electrons. The molecule has 1 aromatic carbocycles. The van der Waals surface area contributed by atoms with E-state index in [1.807, 2.05) is 30.3 Å². The van der Waals surface area contributed by atoms with Gasteiger partial charge in [-0.1, -0.05) is 29.8 Å². The number of methoxy groups -OCH3 is 1. The lowest BCUT2D eigenvalue weighted by Gasteiger charge is -2.06. The summed E-state index contributed by atoms with van der Waals surface area (Å²) in [6.45, 7) is 0.443. The van der Waals surface area contributed by atoms with E-state index in [1.54, 1.807) is 19.4 Å². The molecule has 1 amide bonds. The molecule has 1 N–H and O–H groups in total. The molecular weight excluding hydrogens is 308 g/mol. The van der Waals surface area contributed by atoms with Crippen molar-refractivity contribution in [3.63, 3.8) is 0 Å². The number of benzene rings is 1. The van der Waals surface area contributed by atoms with Crippen LogP contribution in [0.1, 0.15) is 5.56 Å². The smallest absolute Gasteiger partial charge is 0.230 e. The molecule has 21 heavy (non-hydrogen) atoms. The van der Waals surface area contributed by atoms with E-state index >= 15 is 0 Å². The van der Waals surface area contributed by atoms with Gasteiger partial charge in [0.15, 0.2) is 0 Å². The molecule has 1 aromatic heterocycles.